The number of hydrogen-bond donors (Lipinski definition) is 3. The molecule has 0 rings (SSSR count). The number of aliphatic imine (C=N–C) groups is 1. The summed E-state index contributed by atoms with van der Waals surface area (Å²) >= 11 is 0. The highest BCUT2D eigenvalue weighted by Crippen LogP contribution is 2.23. The maximum Gasteiger partial charge on any atom is 0.697 e. The average Bonchev–Trinajstić information content (AvgIpc) is 2.58. The van der Waals surface area contributed by atoms with E-state index in [2.05, 4.69) is 15.6 Å². The molecule has 0 saturated carbocycles. The molecule has 3 N–H and O–H groups in total. The molecule has 1 atom stereocenters. The third-order valence-corrected chi connectivity index (χ3v) is 3.83. The van der Waals surface area contributed by atoms with E-state index in [1.165, 1.54) is 0 Å². The molecule has 0 aromatic rings. The van der Waals surface area contributed by atoms with Crippen LogP contribution in [0.15, 0.2) is 4.99 Å². The minimum atomic E-state index is -2.20. The fraction of sp³-hybridized carbons (Fsp3) is 0.842. The van der Waals surface area contributed by atoms with Gasteiger partial charge in [-0.3, -0.25) is 15.6 Å². The quantitative estimate of drug-likeness (QED) is 0.181. The van der Waals surface area contributed by atoms with Crippen molar-refractivity contribution in [3.63, 3.8) is 0 Å². The zero-order valence-electron chi connectivity index (χ0n) is 19.4. The molecule has 0 fully saturated rings. The zero-order chi connectivity index (χ0) is 23.9. The zero-order valence-corrected chi connectivity index (χ0v) is 20.3. The van der Waals surface area contributed by atoms with E-state index < -0.39 is 31.6 Å². The summed E-state index contributed by atoms with van der Waals surface area (Å²) in [6.07, 6.45) is 1.53. The molecule has 11 nitrogen and oxygen atoms in total. The van der Waals surface area contributed by atoms with Crippen molar-refractivity contribution in [1.82, 2.24) is 10.6 Å². The molecule has 0 aromatic heterocycles. The Morgan fingerprint density at radius 3 is 1.81 bits per heavy atom. The SMILES string of the molecule is CC(C)(C)OC(=O)NC(=NCCCCCCO[P+](=O)OCCO)NC(=O)OC(C)(C)C. The normalized spacial score (nSPS) is 12.0. The van der Waals surface area contributed by atoms with E-state index in [0.29, 0.717) is 19.4 Å². The fourth-order valence-electron chi connectivity index (χ4n) is 1.96. The van der Waals surface area contributed by atoms with Crippen LogP contribution in [-0.2, 0) is 23.1 Å². The fourth-order valence-corrected chi connectivity index (χ4v) is 2.54. The van der Waals surface area contributed by atoms with Gasteiger partial charge in [0.05, 0.1) is 6.61 Å². The van der Waals surface area contributed by atoms with Gasteiger partial charge in [0.1, 0.15) is 24.4 Å². The summed E-state index contributed by atoms with van der Waals surface area (Å²) in [6, 6.07) is 0. The van der Waals surface area contributed by atoms with Crippen LogP contribution in [-0.4, -0.2) is 60.8 Å². The third kappa shape index (κ3) is 19.9. The molecule has 0 saturated heterocycles. The maximum absolute atomic E-state index is 12.0. The van der Waals surface area contributed by atoms with Crippen molar-refractivity contribution in [2.24, 2.45) is 4.99 Å². The third-order valence-electron chi connectivity index (χ3n) is 3.05. The van der Waals surface area contributed by atoms with Crippen molar-refractivity contribution in [3.05, 3.63) is 0 Å². The smallest absolute Gasteiger partial charge is 0.444 e. The first-order chi connectivity index (χ1) is 14.3. The van der Waals surface area contributed by atoms with Crippen molar-refractivity contribution in [2.75, 3.05) is 26.4 Å². The van der Waals surface area contributed by atoms with Gasteiger partial charge < -0.3 is 14.6 Å². The monoisotopic (exact) mass is 466 g/mol. The summed E-state index contributed by atoms with van der Waals surface area (Å²) in [4.78, 5) is 28.2. The second-order valence-electron chi connectivity index (χ2n) is 8.51. The first kappa shape index (κ1) is 29.2. The Hall–Kier alpha value is -1.81. The number of carbonyl (C=O) groups is 2. The van der Waals surface area contributed by atoms with E-state index >= 15 is 0 Å². The number of carbonyl (C=O) groups excluding carboxylic acids is 2. The Bertz CT molecular complexity index is 568. The number of unbranched alkanes of at least 4 members (excludes halogenated alkanes) is 3. The van der Waals surface area contributed by atoms with Crippen LogP contribution < -0.4 is 10.6 Å². The molecule has 12 heteroatoms. The van der Waals surface area contributed by atoms with Gasteiger partial charge >= 0.3 is 20.4 Å². The van der Waals surface area contributed by atoms with Crippen molar-refractivity contribution in [1.29, 1.82) is 0 Å². The number of aliphatic hydroxyl groups is 1. The lowest BCUT2D eigenvalue weighted by molar-refractivity contribution is 0.0545. The Morgan fingerprint density at radius 1 is 0.839 bits per heavy atom. The van der Waals surface area contributed by atoms with Gasteiger partial charge in [0.25, 0.3) is 0 Å². The summed E-state index contributed by atoms with van der Waals surface area (Å²) in [5, 5.41) is 13.4. The predicted molar refractivity (Wildman–Crippen MR) is 116 cm³/mol. The summed E-state index contributed by atoms with van der Waals surface area (Å²) in [5.74, 6) is -0.0511. The largest absolute Gasteiger partial charge is 0.697 e. The molecule has 0 aliphatic carbocycles. The maximum atomic E-state index is 12.0. The lowest BCUT2D eigenvalue weighted by Crippen LogP contribution is -2.47. The molecule has 0 radical (unpaired) electrons. The first-order valence-electron chi connectivity index (χ1n) is 10.2. The second-order valence-corrected chi connectivity index (χ2v) is 9.48. The number of alkyl carbamates (subject to hydrolysis) is 2. The molecule has 2 amide bonds. The topological polar surface area (TPSA) is 145 Å². The Kier molecular flexibility index (Phi) is 14.2. The van der Waals surface area contributed by atoms with Crippen LogP contribution in [0.4, 0.5) is 9.59 Å². The molecular weight excluding hydrogens is 429 g/mol. The minimum Gasteiger partial charge on any atom is -0.444 e. The molecule has 0 bridgehead atoms. The van der Waals surface area contributed by atoms with Crippen LogP contribution in [0, 0.1) is 0 Å². The Labute approximate surface area is 185 Å². The van der Waals surface area contributed by atoms with Gasteiger partial charge in [-0.2, -0.15) is 0 Å². The number of guanidine groups is 1. The first-order valence-corrected chi connectivity index (χ1v) is 11.3. The molecule has 0 spiro atoms. The number of nitrogens with zero attached hydrogens (tertiary/aromatic N) is 1. The Balaban J connectivity index is 4.44. The molecule has 0 heterocycles. The molecule has 0 aliphatic rings. The standard InChI is InChI=1S/C19H36N3O8P/c1-18(2,3)29-16(24)21-15(22-17(25)30-19(4,5)6)20-11-9-7-8-10-13-27-31(26)28-14-12-23/h23H,7-14H2,1-6H3,(H-,20,21,22,24,25)/p+1. The number of aliphatic hydroxyl groups excluding tert-OH is 1. The van der Waals surface area contributed by atoms with Gasteiger partial charge in [-0.15, -0.1) is 9.05 Å². The molecule has 180 valence electrons. The minimum absolute atomic E-state index is 0.0236. The number of amides is 2. The number of nitrogens with one attached hydrogen (secondary N) is 2. The van der Waals surface area contributed by atoms with Crippen molar-refractivity contribution < 1.29 is 37.8 Å². The van der Waals surface area contributed by atoms with E-state index in [-0.39, 0.29) is 25.8 Å². The highest BCUT2D eigenvalue weighted by molar-refractivity contribution is 7.33. The van der Waals surface area contributed by atoms with Gasteiger partial charge in [0, 0.05) is 11.1 Å². The second kappa shape index (κ2) is 15.1. The van der Waals surface area contributed by atoms with Crippen molar-refractivity contribution >= 4 is 26.4 Å². The van der Waals surface area contributed by atoms with E-state index in [4.69, 9.17) is 23.6 Å². The van der Waals surface area contributed by atoms with Crippen LogP contribution in [0.25, 0.3) is 0 Å². The van der Waals surface area contributed by atoms with E-state index in [0.717, 1.165) is 12.8 Å². The van der Waals surface area contributed by atoms with Crippen LogP contribution in [0.5, 0.6) is 0 Å². The highest BCUT2D eigenvalue weighted by Gasteiger charge is 2.21. The number of rotatable bonds is 11. The van der Waals surface area contributed by atoms with Crippen LogP contribution in [0.3, 0.4) is 0 Å². The van der Waals surface area contributed by atoms with Gasteiger partial charge in [0.15, 0.2) is 0 Å². The van der Waals surface area contributed by atoms with Gasteiger partial charge in [-0.1, -0.05) is 12.8 Å². The summed E-state index contributed by atoms with van der Waals surface area (Å²) in [5.41, 5.74) is -1.40. The van der Waals surface area contributed by atoms with E-state index in [1.807, 2.05) is 0 Å². The predicted octanol–water partition coefficient (Wildman–Crippen LogP) is 3.64. The Morgan fingerprint density at radius 2 is 1.32 bits per heavy atom. The van der Waals surface area contributed by atoms with Crippen molar-refractivity contribution in [2.45, 2.75) is 78.4 Å². The lowest BCUT2D eigenvalue weighted by Gasteiger charge is -2.22. The number of ether oxygens (including phenoxy) is 2. The molecule has 0 aliphatic heterocycles. The van der Waals surface area contributed by atoms with E-state index in [9.17, 15) is 14.2 Å². The summed E-state index contributed by atoms with van der Waals surface area (Å²) < 4.78 is 31.3. The lowest BCUT2D eigenvalue weighted by atomic mass is 10.2. The molecule has 31 heavy (non-hydrogen) atoms. The molecule has 1 unspecified atom stereocenters. The highest BCUT2D eigenvalue weighted by atomic mass is 31.1. The van der Waals surface area contributed by atoms with Crippen LogP contribution in [0.1, 0.15) is 67.2 Å². The van der Waals surface area contributed by atoms with Crippen LogP contribution in [0.2, 0.25) is 0 Å². The average molecular weight is 466 g/mol. The van der Waals surface area contributed by atoms with Gasteiger partial charge in [0.2, 0.25) is 5.96 Å². The molecule has 0 aromatic carbocycles. The van der Waals surface area contributed by atoms with Crippen molar-refractivity contribution in [3.8, 4) is 0 Å². The number of hydrogen-bond acceptors (Lipinski definition) is 9. The van der Waals surface area contributed by atoms with E-state index in [1.54, 1.807) is 41.5 Å². The van der Waals surface area contributed by atoms with Crippen LogP contribution >= 0.6 is 8.25 Å². The molecular formula is C19H37N3O8P+. The van der Waals surface area contributed by atoms with Gasteiger partial charge in [-0.25, -0.2) is 9.59 Å². The summed E-state index contributed by atoms with van der Waals surface area (Å²) in [6.45, 7) is 10.8. The summed E-state index contributed by atoms with van der Waals surface area (Å²) in [7, 11) is -2.20. The van der Waals surface area contributed by atoms with Gasteiger partial charge in [-0.05, 0) is 54.4 Å².